The third kappa shape index (κ3) is 2.65. The van der Waals surface area contributed by atoms with Gasteiger partial charge in [-0.05, 0) is 13.8 Å². The number of quaternary nitrogens is 1. The molecule has 13 heavy (non-hydrogen) atoms. The van der Waals surface area contributed by atoms with Gasteiger partial charge in [-0.15, -0.1) is 0 Å². The average Bonchev–Trinajstić information content (AvgIpc) is 2.24. The van der Waals surface area contributed by atoms with E-state index in [1.54, 1.807) is 0 Å². The van der Waals surface area contributed by atoms with Crippen molar-refractivity contribution in [2.75, 3.05) is 32.1 Å². The Morgan fingerprint density at radius 1 is 1.31 bits per heavy atom. The third-order valence-electron chi connectivity index (χ3n) is 2.92. The molecule has 0 aliphatic carbocycles. The first-order valence-corrected chi connectivity index (χ1v) is 6.51. The van der Waals surface area contributed by atoms with E-state index in [2.05, 4.69) is 18.6 Å². The number of hydrogen-bond donors (Lipinski definition) is 1. The molecule has 0 aromatic heterocycles. The highest BCUT2D eigenvalue weighted by molar-refractivity contribution is 7.89. The van der Waals surface area contributed by atoms with Gasteiger partial charge in [-0.25, -0.2) is 13.1 Å². The van der Waals surface area contributed by atoms with Crippen LogP contribution in [-0.2, 0) is 10.0 Å². The predicted octanol–water partition coefficient (Wildman–Crippen LogP) is 0.124. The molecule has 0 bridgehead atoms. The van der Waals surface area contributed by atoms with Gasteiger partial charge >= 0.3 is 0 Å². The van der Waals surface area contributed by atoms with Crippen LogP contribution in [0.1, 0.15) is 20.3 Å². The van der Waals surface area contributed by atoms with Crippen LogP contribution in [0.3, 0.4) is 0 Å². The lowest BCUT2D eigenvalue weighted by atomic mass is 10.3. The SMILES string of the molecule is CC[N+]1(CC)CCCNS(=O)(=O)C1. The standard InChI is InChI=1S/C8H19N2O2S/c1-3-10(4-2)7-5-6-9-13(11,12)8-10/h9H,3-8H2,1-2H3/q+1. The van der Waals surface area contributed by atoms with Gasteiger partial charge in [0.1, 0.15) is 0 Å². The zero-order chi connectivity index (χ0) is 9.95. The molecular formula is C8H19N2O2S+. The van der Waals surface area contributed by atoms with Gasteiger partial charge in [0.2, 0.25) is 0 Å². The lowest BCUT2D eigenvalue weighted by molar-refractivity contribution is -0.913. The van der Waals surface area contributed by atoms with Crippen LogP contribution < -0.4 is 4.72 Å². The Morgan fingerprint density at radius 3 is 2.46 bits per heavy atom. The predicted molar refractivity (Wildman–Crippen MR) is 52.6 cm³/mol. The van der Waals surface area contributed by atoms with E-state index in [-0.39, 0.29) is 5.88 Å². The van der Waals surface area contributed by atoms with Gasteiger partial charge in [-0.1, -0.05) is 0 Å². The van der Waals surface area contributed by atoms with Crippen molar-refractivity contribution in [2.24, 2.45) is 0 Å². The normalized spacial score (nSPS) is 26.6. The van der Waals surface area contributed by atoms with Crippen molar-refractivity contribution in [2.45, 2.75) is 20.3 Å². The highest BCUT2D eigenvalue weighted by Crippen LogP contribution is 2.12. The van der Waals surface area contributed by atoms with Crippen molar-refractivity contribution in [1.29, 1.82) is 0 Å². The first-order valence-electron chi connectivity index (χ1n) is 4.86. The van der Waals surface area contributed by atoms with E-state index in [0.717, 1.165) is 26.1 Å². The molecular weight excluding hydrogens is 188 g/mol. The molecule has 0 radical (unpaired) electrons. The molecule has 1 heterocycles. The second-order valence-electron chi connectivity index (χ2n) is 3.69. The summed E-state index contributed by atoms with van der Waals surface area (Å²) in [6.07, 6.45) is 0.945. The fraction of sp³-hybridized carbons (Fsp3) is 1.00. The number of rotatable bonds is 2. The van der Waals surface area contributed by atoms with Crippen LogP contribution in [0.2, 0.25) is 0 Å². The molecule has 1 rings (SSSR count). The largest absolute Gasteiger partial charge is 0.310 e. The molecule has 5 heteroatoms. The van der Waals surface area contributed by atoms with E-state index in [4.69, 9.17) is 0 Å². The zero-order valence-corrected chi connectivity index (χ0v) is 9.23. The average molecular weight is 207 g/mol. The third-order valence-corrected chi connectivity index (χ3v) is 4.45. The van der Waals surface area contributed by atoms with Gasteiger partial charge in [0.15, 0.2) is 5.88 Å². The smallest absolute Gasteiger partial charge is 0.262 e. The monoisotopic (exact) mass is 207 g/mol. The molecule has 0 aromatic rings. The molecule has 1 N–H and O–H groups in total. The van der Waals surface area contributed by atoms with Crippen LogP contribution in [0.15, 0.2) is 0 Å². The highest BCUT2D eigenvalue weighted by Gasteiger charge is 2.32. The summed E-state index contributed by atoms with van der Waals surface area (Å²) in [5.41, 5.74) is 0. The van der Waals surface area contributed by atoms with Crippen LogP contribution in [0.25, 0.3) is 0 Å². The Bertz CT molecular complexity index is 257. The summed E-state index contributed by atoms with van der Waals surface area (Å²) < 4.78 is 26.3. The van der Waals surface area contributed by atoms with Crippen molar-refractivity contribution in [3.8, 4) is 0 Å². The van der Waals surface area contributed by atoms with E-state index in [9.17, 15) is 8.42 Å². The maximum absolute atomic E-state index is 11.5. The summed E-state index contributed by atoms with van der Waals surface area (Å²) in [6.45, 7) is 7.49. The Morgan fingerprint density at radius 2 is 1.92 bits per heavy atom. The van der Waals surface area contributed by atoms with Crippen molar-refractivity contribution in [1.82, 2.24) is 4.72 Å². The second-order valence-corrected chi connectivity index (χ2v) is 5.47. The maximum atomic E-state index is 11.5. The molecule has 1 aliphatic rings. The Kier molecular flexibility index (Phi) is 3.32. The van der Waals surface area contributed by atoms with Gasteiger partial charge in [0.25, 0.3) is 10.0 Å². The van der Waals surface area contributed by atoms with E-state index in [0.29, 0.717) is 11.0 Å². The van der Waals surface area contributed by atoms with Gasteiger partial charge in [0.05, 0.1) is 19.6 Å². The topological polar surface area (TPSA) is 46.2 Å². The summed E-state index contributed by atoms with van der Waals surface area (Å²) in [5, 5.41) is 0. The minimum atomic E-state index is -3.03. The van der Waals surface area contributed by atoms with Gasteiger partial charge < -0.3 is 4.48 Å². The number of nitrogens with zero attached hydrogens (tertiary/aromatic N) is 1. The molecule has 4 nitrogen and oxygen atoms in total. The maximum Gasteiger partial charge on any atom is 0.262 e. The van der Waals surface area contributed by atoms with E-state index in [1.807, 2.05) is 0 Å². The fourth-order valence-electron chi connectivity index (χ4n) is 1.84. The molecule has 78 valence electrons. The molecule has 1 saturated heterocycles. The second kappa shape index (κ2) is 3.94. The van der Waals surface area contributed by atoms with Crippen molar-refractivity contribution in [3.05, 3.63) is 0 Å². The fourth-order valence-corrected chi connectivity index (χ4v) is 3.60. The van der Waals surface area contributed by atoms with Crippen LogP contribution in [-0.4, -0.2) is 45.0 Å². The Hall–Kier alpha value is -0.130. The van der Waals surface area contributed by atoms with Gasteiger partial charge in [-0.2, -0.15) is 0 Å². The molecule has 0 aromatic carbocycles. The van der Waals surface area contributed by atoms with E-state index in [1.165, 1.54) is 0 Å². The van der Waals surface area contributed by atoms with E-state index < -0.39 is 10.0 Å². The lowest BCUT2D eigenvalue weighted by Gasteiger charge is -2.34. The highest BCUT2D eigenvalue weighted by atomic mass is 32.2. The number of hydrogen-bond acceptors (Lipinski definition) is 2. The zero-order valence-electron chi connectivity index (χ0n) is 8.41. The van der Waals surface area contributed by atoms with Gasteiger partial charge in [0, 0.05) is 13.0 Å². The summed E-state index contributed by atoms with van der Waals surface area (Å²) >= 11 is 0. The summed E-state index contributed by atoms with van der Waals surface area (Å²) in [4.78, 5) is 0. The molecule has 1 aliphatic heterocycles. The van der Waals surface area contributed by atoms with E-state index >= 15 is 0 Å². The molecule has 0 amide bonds. The molecule has 0 unspecified atom stereocenters. The first-order chi connectivity index (χ1) is 6.04. The van der Waals surface area contributed by atoms with Crippen molar-refractivity contribution in [3.63, 3.8) is 0 Å². The van der Waals surface area contributed by atoms with Gasteiger partial charge in [-0.3, -0.25) is 0 Å². The summed E-state index contributed by atoms with van der Waals surface area (Å²) in [7, 11) is -3.03. The summed E-state index contributed by atoms with van der Waals surface area (Å²) in [5.74, 6) is 0.250. The Labute approximate surface area is 80.6 Å². The quantitative estimate of drug-likeness (QED) is 0.654. The van der Waals surface area contributed by atoms with Crippen LogP contribution >= 0.6 is 0 Å². The van der Waals surface area contributed by atoms with Crippen LogP contribution in [0.5, 0.6) is 0 Å². The molecule has 0 spiro atoms. The number of nitrogens with one attached hydrogen (secondary N) is 1. The molecule has 1 fully saturated rings. The lowest BCUT2D eigenvalue weighted by Crippen LogP contribution is -2.51. The summed E-state index contributed by atoms with van der Waals surface area (Å²) in [6, 6.07) is 0. The molecule has 0 atom stereocenters. The minimum absolute atomic E-state index is 0.250. The van der Waals surface area contributed by atoms with Crippen molar-refractivity contribution >= 4 is 10.0 Å². The van der Waals surface area contributed by atoms with Crippen LogP contribution in [0, 0.1) is 0 Å². The first kappa shape index (κ1) is 10.9. The minimum Gasteiger partial charge on any atom is -0.310 e. The van der Waals surface area contributed by atoms with Crippen LogP contribution in [0.4, 0.5) is 0 Å². The molecule has 0 saturated carbocycles. The Balaban J connectivity index is 2.85. The van der Waals surface area contributed by atoms with Crippen molar-refractivity contribution < 1.29 is 12.9 Å². The number of sulfonamides is 1.